The van der Waals surface area contributed by atoms with Crippen LogP contribution in [0.2, 0.25) is 0 Å². The van der Waals surface area contributed by atoms with Gasteiger partial charge in [0.2, 0.25) is 0 Å². The van der Waals surface area contributed by atoms with E-state index in [9.17, 15) is 4.39 Å². The molecule has 0 spiro atoms. The molecule has 0 bridgehead atoms. The second kappa shape index (κ2) is 4.04. The highest BCUT2D eigenvalue weighted by Crippen LogP contribution is 2.34. The van der Waals surface area contributed by atoms with Gasteiger partial charge in [-0.25, -0.2) is 4.39 Å². The van der Waals surface area contributed by atoms with E-state index >= 15 is 0 Å². The highest BCUT2D eigenvalue weighted by atomic mass is 19.1. The summed E-state index contributed by atoms with van der Waals surface area (Å²) in [6.07, 6.45) is 0. The van der Waals surface area contributed by atoms with E-state index in [4.69, 9.17) is 0 Å². The predicted octanol–water partition coefficient (Wildman–Crippen LogP) is 5.59. The SMILES string of the molecule is Cc1cc2c(F)cccc2c2ccc3ccccc3c12. The molecule has 0 atom stereocenters. The van der Waals surface area contributed by atoms with Crippen LogP contribution in [0.4, 0.5) is 4.39 Å². The maximum atomic E-state index is 14.0. The predicted molar refractivity (Wildman–Crippen MR) is 83.7 cm³/mol. The van der Waals surface area contributed by atoms with Crippen molar-refractivity contribution in [1.82, 2.24) is 0 Å². The van der Waals surface area contributed by atoms with Gasteiger partial charge in [0.15, 0.2) is 0 Å². The van der Waals surface area contributed by atoms with Crippen molar-refractivity contribution in [3.8, 4) is 0 Å². The Balaban J connectivity index is 2.35. The summed E-state index contributed by atoms with van der Waals surface area (Å²) in [7, 11) is 0. The average Bonchev–Trinajstić information content (AvgIpc) is 2.48. The van der Waals surface area contributed by atoms with Gasteiger partial charge in [-0.05, 0) is 51.6 Å². The minimum absolute atomic E-state index is 0.152. The molecule has 0 heterocycles. The molecule has 0 saturated carbocycles. The summed E-state index contributed by atoms with van der Waals surface area (Å²) in [5.41, 5.74) is 1.12. The third-order valence-electron chi connectivity index (χ3n) is 4.03. The Labute approximate surface area is 116 Å². The van der Waals surface area contributed by atoms with E-state index in [1.165, 1.54) is 22.2 Å². The molecule has 0 N–H and O–H groups in total. The van der Waals surface area contributed by atoms with E-state index in [0.29, 0.717) is 5.39 Å². The van der Waals surface area contributed by atoms with E-state index in [1.54, 1.807) is 6.07 Å². The Morgan fingerprint density at radius 1 is 0.700 bits per heavy atom. The highest BCUT2D eigenvalue weighted by molar-refractivity contribution is 6.18. The van der Waals surface area contributed by atoms with Crippen molar-refractivity contribution < 1.29 is 4.39 Å². The quantitative estimate of drug-likeness (QED) is 0.361. The Morgan fingerprint density at radius 3 is 2.40 bits per heavy atom. The molecule has 0 aliphatic rings. The third-order valence-corrected chi connectivity index (χ3v) is 4.03. The first kappa shape index (κ1) is 11.4. The van der Waals surface area contributed by atoms with Crippen molar-refractivity contribution in [2.24, 2.45) is 0 Å². The van der Waals surface area contributed by atoms with Gasteiger partial charge >= 0.3 is 0 Å². The van der Waals surface area contributed by atoms with Crippen LogP contribution < -0.4 is 0 Å². The van der Waals surface area contributed by atoms with E-state index in [0.717, 1.165) is 16.3 Å². The molecule has 0 aromatic heterocycles. The highest BCUT2D eigenvalue weighted by Gasteiger charge is 2.09. The molecular weight excluding hydrogens is 247 g/mol. The van der Waals surface area contributed by atoms with Crippen LogP contribution in [0.25, 0.3) is 32.3 Å². The molecule has 20 heavy (non-hydrogen) atoms. The number of hydrogen-bond donors (Lipinski definition) is 0. The van der Waals surface area contributed by atoms with Gasteiger partial charge in [-0.3, -0.25) is 0 Å². The van der Waals surface area contributed by atoms with E-state index in [1.807, 2.05) is 18.2 Å². The summed E-state index contributed by atoms with van der Waals surface area (Å²) in [5.74, 6) is -0.152. The van der Waals surface area contributed by atoms with E-state index < -0.39 is 0 Å². The summed E-state index contributed by atoms with van der Waals surface area (Å²) in [6.45, 7) is 2.06. The molecular formula is C19H13F. The largest absolute Gasteiger partial charge is 0.206 e. The molecule has 4 rings (SSSR count). The topological polar surface area (TPSA) is 0 Å². The number of benzene rings is 4. The Hall–Kier alpha value is -2.41. The molecule has 0 amide bonds. The molecule has 0 nitrogen and oxygen atoms in total. The standard InChI is InChI=1S/C19H13F/c1-12-11-17-15(7-4-8-18(17)20)16-10-9-13-5-2-3-6-14(13)19(12)16/h2-11H,1H3. The molecule has 0 saturated heterocycles. The molecule has 0 unspecified atom stereocenters. The first-order valence-electron chi connectivity index (χ1n) is 6.75. The van der Waals surface area contributed by atoms with E-state index in [2.05, 4.69) is 37.3 Å². The summed E-state index contributed by atoms with van der Waals surface area (Å²) in [4.78, 5) is 0. The smallest absolute Gasteiger partial charge is 0.131 e. The van der Waals surface area contributed by atoms with Gasteiger partial charge in [0.1, 0.15) is 5.82 Å². The number of halogens is 1. The lowest BCUT2D eigenvalue weighted by molar-refractivity contribution is 0.640. The van der Waals surface area contributed by atoms with Gasteiger partial charge in [0, 0.05) is 5.39 Å². The fourth-order valence-electron chi connectivity index (χ4n) is 3.13. The van der Waals surface area contributed by atoms with Crippen LogP contribution in [0.1, 0.15) is 5.56 Å². The fraction of sp³-hybridized carbons (Fsp3) is 0.0526. The van der Waals surface area contributed by atoms with E-state index in [-0.39, 0.29) is 5.82 Å². The molecule has 0 aliphatic carbocycles. The van der Waals surface area contributed by atoms with Gasteiger partial charge in [-0.1, -0.05) is 48.5 Å². The average molecular weight is 260 g/mol. The zero-order chi connectivity index (χ0) is 13.7. The van der Waals surface area contributed by atoms with Crippen LogP contribution in [0.5, 0.6) is 0 Å². The van der Waals surface area contributed by atoms with Crippen molar-refractivity contribution in [3.63, 3.8) is 0 Å². The lowest BCUT2D eigenvalue weighted by Crippen LogP contribution is -1.87. The lowest BCUT2D eigenvalue weighted by Gasteiger charge is -2.11. The van der Waals surface area contributed by atoms with Crippen LogP contribution in [0.3, 0.4) is 0 Å². The lowest BCUT2D eigenvalue weighted by atomic mass is 9.93. The Kier molecular flexibility index (Phi) is 2.31. The molecule has 1 heteroatoms. The van der Waals surface area contributed by atoms with Crippen molar-refractivity contribution in [2.45, 2.75) is 6.92 Å². The zero-order valence-electron chi connectivity index (χ0n) is 11.2. The van der Waals surface area contributed by atoms with Crippen molar-refractivity contribution in [2.75, 3.05) is 0 Å². The normalized spacial score (nSPS) is 11.5. The van der Waals surface area contributed by atoms with Gasteiger partial charge in [0.05, 0.1) is 0 Å². The summed E-state index contributed by atoms with van der Waals surface area (Å²) < 4.78 is 14.0. The summed E-state index contributed by atoms with van der Waals surface area (Å²) >= 11 is 0. The molecule has 0 fully saturated rings. The third kappa shape index (κ3) is 1.47. The number of aryl methyl sites for hydroxylation is 1. The Bertz CT molecular complexity index is 967. The molecule has 0 aliphatic heterocycles. The molecule has 4 aromatic carbocycles. The summed E-state index contributed by atoms with van der Waals surface area (Å²) in [5, 5.41) is 6.48. The minimum atomic E-state index is -0.152. The van der Waals surface area contributed by atoms with Crippen molar-refractivity contribution in [1.29, 1.82) is 0 Å². The van der Waals surface area contributed by atoms with Gasteiger partial charge in [0.25, 0.3) is 0 Å². The van der Waals surface area contributed by atoms with Gasteiger partial charge in [-0.15, -0.1) is 0 Å². The maximum Gasteiger partial charge on any atom is 0.131 e. The number of rotatable bonds is 0. The van der Waals surface area contributed by atoms with Crippen molar-refractivity contribution in [3.05, 3.63) is 72.0 Å². The number of fused-ring (bicyclic) bond motifs is 5. The zero-order valence-corrected chi connectivity index (χ0v) is 11.2. The second-order valence-corrected chi connectivity index (χ2v) is 5.24. The molecule has 4 aromatic rings. The number of hydrogen-bond acceptors (Lipinski definition) is 0. The van der Waals surface area contributed by atoms with Crippen LogP contribution in [0.15, 0.2) is 60.7 Å². The first-order chi connectivity index (χ1) is 9.75. The first-order valence-corrected chi connectivity index (χ1v) is 6.75. The summed E-state index contributed by atoms with van der Waals surface area (Å²) in [6, 6.07) is 19.8. The molecule has 96 valence electrons. The van der Waals surface area contributed by atoms with Crippen LogP contribution in [-0.4, -0.2) is 0 Å². The van der Waals surface area contributed by atoms with Crippen LogP contribution >= 0.6 is 0 Å². The van der Waals surface area contributed by atoms with Gasteiger partial charge < -0.3 is 0 Å². The van der Waals surface area contributed by atoms with Crippen LogP contribution in [-0.2, 0) is 0 Å². The minimum Gasteiger partial charge on any atom is -0.206 e. The molecule has 0 radical (unpaired) electrons. The van der Waals surface area contributed by atoms with Gasteiger partial charge in [-0.2, -0.15) is 0 Å². The Morgan fingerprint density at radius 2 is 1.50 bits per heavy atom. The van der Waals surface area contributed by atoms with Crippen LogP contribution in [0, 0.1) is 12.7 Å². The van der Waals surface area contributed by atoms with Crippen molar-refractivity contribution >= 4 is 32.3 Å². The second-order valence-electron chi connectivity index (χ2n) is 5.24. The fourth-order valence-corrected chi connectivity index (χ4v) is 3.13. The maximum absolute atomic E-state index is 14.0. The monoisotopic (exact) mass is 260 g/mol.